The van der Waals surface area contributed by atoms with Gasteiger partial charge in [-0.15, -0.1) is 0 Å². The van der Waals surface area contributed by atoms with Crippen molar-refractivity contribution in [3.05, 3.63) is 53.3 Å². The quantitative estimate of drug-likeness (QED) is 0.747. The maximum absolute atomic E-state index is 12.6. The van der Waals surface area contributed by atoms with Gasteiger partial charge in [0.25, 0.3) is 0 Å². The minimum atomic E-state index is -0.121. The topological polar surface area (TPSA) is 60.5 Å². The first-order valence-electron chi connectivity index (χ1n) is 10.1. The molecule has 0 radical (unpaired) electrons. The molecule has 3 atom stereocenters. The van der Waals surface area contributed by atoms with Crippen molar-refractivity contribution in [1.82, 2.24) is 10.3 Å². The Morgan fingerprint density at radius 2 is 2.11 bits per heavy atom. The Bertz CT molecular complexity index is 845. The van der Waals surface area contributed by atoms with E-state index in [-0.39, 0.29) is 17.9 Å². The van der Waals surface area contributed by atoms with Crippen molar-refractivity contribution in [3.8, 4) is 11.5 Å². The minimum Gasteiger partial charge on any atom is -0.496 e. The summed E-state index contributed by atoms with van der Waals surface area (Å²) >= 11 is 0. The number of hydrogen-bond acceptors (Lipinski definition) is 4. The highest BCUT2D eigenvalue weighted by molar-refractivity contribution is 5.83. The van der Waals surface area contributed by atoms with Gasteiger partial charge in [0, 0.05) is 5.92 Å². The monoisotopic (exact) mass is 380 g/mol. The molecule has 148 valence electrons. The van der Waals surface area contributed by atoms with Gasteiger partial charge in [-0.2, -0.15) is 0 Å². The normalized spacial score (nSPS) is 21.7. The van der Waals surface area contributed by atoms with Crippen molar-refractivity contribution < 1.29 is 14.3 Å². The number of hydrogen-bond donors (Lipinski definition) is 1. The molecule has 2 saturated carbocycles. The number of nitrogens with one attached hydrogen (secondary N) is 1. The van der Waals surface area contributed by atoms with Gasteiger partial charge >= 0.3 is 0 Å². The smallest absolute Gasteiger partial charge is 0.224 e. The van der Waals surface area contributed by atoms with Crippen LogP contribution in [0.4, 0.5) is 0 Å². The van der Waals surface area contributed by atoms with Gasteiger partial charge in [-0.3, -0.25) is 9.78 Å². The van der Waals surface area contributed by atoms with Crippen LogP contribution in [0.2, 0.25) is 0 Å². The van der Waals surface area contributed by atoms with Crippen molar-refractivity contribution in [3.63, 3.8) is 0 Å². The standard InChI is InChI=1S/C23H28N2O3/c1-14-10-17(6-9-22(14)27-3)19-11-20(19)23(26)25-15(2)21-8-7-18(12-24-21)28-13-16-4-5-16/h6-10,12,15-16,19-20H,4-5,11,13H2,1-3H3,(H,25,26)/t15?,19-,20+/m0/s1. The zero-order valence-electron chi connectivity index (χ0n) is 16.8. The highest BCUT2D eigenvalue weighted by Crippen LogP contribution is 2.48. The second-order valence-corrected chi connectivity index (χ2v) is 8.08. The molecule has 5 heteroatoms. The lowest BCUT2D eigenvalue weighted by molar-refractivity contribution is -0.123. The summed E-state index contributed by atoms with van der Waals surface area (Å²) in [6.07, 6.45) is 5.19. The van der Waals surface area contributed by atoms with Gasteiger partial charge in [0.2, 0.25) is 5.91 Å². The lowest BCUT2D eigenvalue weighted by atomic mass is 10.1. The Morgan fingerprint density at radius 1 is 1.29 bits per heavy atom. The summed E-state index contributed by atoms with van der Waals surface area (Å²) in [5.74, 6) is 2.83. The molecule has 4 rings (SSSR count). The molecular formula is C23H28N2O3. The largest absolute Gasteiger partial charge is 0.496 e. The Hall–Kier alpha value is -2.56. The van der Waals surface area contributed by atoms with Gasteiger partial charge in [0.05, 0.1) is 31.6 Å². The molecule has 1 aromatic carbocycles. The fourth-order valence-corrected chi connectivity index (χ4v) is 3.61. The van der Waals surface area contributed by atoms with Crippen LogP contribution < -0.4 is 14.8 Å². The van der Waals surface area contributed by atoms with Gasteiger partial charge in [-0.1, -0.05) is 12.1 Å². The number of aryl methyl sites for hydroxylation is 1. The van der Waals surface area contributed by atoms with Crippen LogP contribution in [0.15, 0.2) is 36.5 Å². The summed E-state index contributed by atoms with van der Waals surface area (Å²) in [6.45, 7) is 4.78. The van der Waals surface area contributed by atoms with Gasteiger partial charge in [-0.25, -0.2) is 0 Å². The molecule has 2 aromatic rings. The van der Waals surface area contributed by atoms with Crippen LogP contribution in [0.1, 0.15) is 55.0 Å². The van der Waals surface area contributed by atoms with Crippen molar-refractivity contribution in [2.75, 3.05) is 13.7 Å². The number of ether oxygens (including phenoxy) is 2. The number of aromatic nitrogens is 1. The van der Waals surface area contributed by atoms with E-state index in [4.69, 9.17) is 9.47 Å². The van der Waals surface area contributed by atoms with Gasteiger partial charge in [-0.05, 0) is 74.3 Å². The highest BCUT2D eigenvalue weighted by Gasteiger charge is 2.44. The van der Waals surface area contributed by atoms with Gasteiger partial charge in [0.15, 0.2) is 0 Å². The average molecular weight is 380 g/mol. The molecular weight excluding hydrogens is 352 g/mol. The van der Waals surface area contributed by atoms with E-state index >= 15 is 0 Å². The van der Waals surface area contributed by atoms with Crippen LogP contribution in [-0.4, -0.2) is 24.6 Å². The van der Waals surface area contributed by atoms with E-state index in [0.29, 0.717) is 5.92 Å². The van der Waals surface area contributed by atoms with Crippen LogP contribution in [0.3, 0.4) is 0 Å². The molecule has 1 aromatic heterocycles. The number of nitrogens with zero attached hydrogens (tertiary/aromatic N) is 1. The predicted molar refractivity (Wildman–Crippen MR) is 108 cm³/mol. The van der Waals surface area contributed by atoms with Crippen LogP contribution in [0, 0.1) is 18.8 Å². The fourth-order valence-electron chi connectivity index (χ4n) is 3.61. The molecule has 1 amide bonds. The molecule has 1 N–H and O–H groups in total. The zero-order valence-corrected chi connectivity index (χ0v) is 16.8. The molecule has 2 aliphatic carbocycles. The molecule has 0 aliphatic heterocycles. The van der Waals surface area contributed by atoms with E-state index in [0.717, 1.165) is 41.7 Å². The number of carbonyl (C=O) groups is 1. The summed E-state index contributed by atoms with van der Waals surface area (Å²) < 4.78 is 11.0. The summed E-state index contributed by atoms with van der Waals surface area (Å²) in [4.78, 5) is 17.1. The molecule has 5 nitrogen and oxygen atoms in total. The lowest BCUT2D eigenvalue weighted by Gasteiger charge is -2.14. The fraction of sp³-hybridized carbons (Fsp3) is 0.478. The zero-order chi connectivity index (χ0) is 19.7. The lowest BCUT2D eigenvalue weighted by Crippen LogP contribution is -2.28. The molecule has 28 heavy (non-hydrogen) atoms. The maximum atomic E-state index is 12.6. The van der Waals surface area contributed by atoms with E-state index in [1.165, 1.54) is 18.4 Å². The minimum absolute atomic E-state index is 0.0383. The number of benzene rings is 1. The highest BCUT2D eigenvalue weighted by atomic mass is 16.5. The molecule has 0 saturated heterocycles. The summed E-state index contributed by atoms with van der Waals surface area (Å²) in [6, 6.07) is 9.93. The van der Waals surface area contributed by atoms with E-state index in [1.54, 1.807) is 13.3 Å². The molecule has 2 fully saturated rings. The first kappa shape index (κ1) is 18.8. The van der Waals surface area contributed by atoms with E-state index in [2.05, 4.69) is 22.4 Å². The third-order valence-corrected chi connectivity index (χ3v) is 5.72. The summed E-state index contributed by atoms with van der Waals surface area (Å²) in [7, 11) is 1.68. The van der Waals surface area contributed by atoms with Crippen molar-refractivity contribution >= 4 is 5.91 Å². The first-order valence-corrected chi connectivity index (χ1v) is 10.1. The van der Waals surface area contributed by atoms with Gasteiger partial charge < -0.3 is 14.8 Å². The summed E-state index contributed by atoms with van der Waals surface area (Å²) in [5, 5.41) is 3.11. The van der Waals surface area contributed by atoms with Crippen molar-refractivity contribution in [1.29, 1.82) is 0 Å². The van der Waals surface area contributed by atoms with Gasteiger partial charge in [0.1, 0.15) is 11.5 Å². The molecule has 1 heterocycles. The van der Waals surface area contributed by atoms with Crippen molar-refractivity contribution in [2.45, 2.75) is 45.1 Å². The molecule has 0 bridgehead atoms. The van der Waals surface area contributed by atoms with E-state index in [1.807, 2.05) is 32.0 Å². The third-order valence-electron chi connectivity index (χ3n) is 5.72. The van der Waals surface area contributed by atoms with Crippen LogP contribution >= 0.6 is 0 Å². The average Bonchev–Trinajstić information content (AvgIpc) is 3.61. The predicted octanol–water partition coefficient (Wildman–Crippen LogP) is 4.17. The molecule has 1 unspecified atom stereocenters. The van der Waals surface area contributed by atoms with Crippen LogP contribution in [0.5, 0.6) is 11.5 Å². The molecule has 2 aliphatic rings. The third kappa shape index (κ3) is 4.29. The first-order chi connectivity index (χ1) is 13.5. The van der Waals surface area contributed by atoms with Crippen LogP contribution in [-0.2, 0) is 4.79 Å². The Morgan fingerprint density at radius 3 is 2.75 bits per heavy atom. The Balaban J connectivity index is 1.30. The van der Waals surface area contributed by atoms with Crippen LogP contribution in [0.25, 0.3) is 0 Å². The molecule has 0 spiro atoms. The number of pyridine rings is 1. The Kier molecular flexibility index (Phi) is 5.25. The summed E-state index contributed by atoms with van der Waals surface area (Å²) in [5.41, 5.74) is 3.17. The second-order valence-electron chi connectivity index (χ2n) is 8.08. The number of methoxy groups -OCH3 is 1. The number of carbonyl (C=O) groups excluding carboxylic acids is 1. The number of rotatable bonds is 8. The Labute approximate surface area is 166 Å². The number of amides is 1. The SMILES string of the molecule is COc1ccc([C@@H]2C[C@H]2C(=O)NC(C)c2ccc(OCC3CC3)cn2)cc1C. The maximum Gasteiger partial charge on any atom is 0.224 e. The van der Waals surface area contributed by atoms with Crippen molar-refractivity contribution in [2.24, 2.45) is 11.8 Å². The second kappa shape index (κ2) is 7.82. The van der Waals surface area contributed by atoms with E-state index < -0.39 is 0 Å². The van der Waals surface area contributed by atoms with E-state index in [9.17, 15) is 4.79 Å².